The van der Waals surface area contributed by atoms with Gasteiger partial charge in [0.25, 0.3) is 5.56 Å². The number of hydrogen-bond acceptors (Lipinski definition) is 9. The predicted molar refractivity (Wildman–Crippen MR) is 220 cm³/mol. The summed E-state index contributed by atoms with van der Waals surface area (Å²) in [5.41, 5.74) is -1.60. The predicted octanol–water partition coefficient (Wildman–Crippen LogP) is 5.98. The first kappa shape index (κ1) is 42.4. The van der Waals surface area contributed by atoms with Crippen molar-refractivity contribution < 1.29 is 33.6 Å². The molecule has 12 nitrogen and oxygen atoms in total. The number of aromatic amines is 1. The monoisotopic (exact) mass is 793 g/mol. The van der Waals surface area contributed by atoms with Crippen molar-refractivity contribution in [2.45, 2.75) is 101 Å². The number of rotatable bonds is 20. The second-order valence-corrected chi connectivity index (χ2v) is 15.0. The third-order valence-electron chi connectivity index (χ3n) is 11.1. The highest BCUT2D eigenvalue weighted by atomic mass is 16.7. The number of fused-ring (bicyclic) bond motifs is 2. The molecular formula is C46H55N3O9. The first-order chi connectivity index (χ1) is 28.2. The highest BCUT2D eigenvalue weighted by Crippen LogP contribution is 2.48. The second-order valence-electron chi connectivity index (χ2n) is 15.0. The Morgan fingerprint density at radius 1 is 0.879 bits per heavy atom. The van der Waals surface area contributed by atoms with Crippen LogP contribution >= 0.6 is 0 Å². The molecule has 4 aromatic rings. The van der Waals surface area contributed by atoms with Gasteiger partial charge >= 0.3 is 5.69 Å². The third-order valence-corrected chi connectivity index (χ3v) is 11.1. The van der Waals surface area contributed by atoms with Crippen molar-refractivity contribution in [3.8, 4) is 23.3 Å². The summed E-state index contributed by atoms with van der Waals surface area (Å²) in [6.07, 6.45) is 9.01. The molecule has 1 aromatic heterocycles. The Hall–Kier alpha value is -5.19. The van der Waals surface area contributed by atoms with Crippen LogP contribution in [0.5, 0.6) is 11.5 Å². The number of carbonyl (C=O) groups excluding carboxylic acids is 1. The zero-order valence-electron chi connectivity index (χ0n) is 33.7. The normalized spacial score (nSPS) is 19.7. The number of aliphatic hydroxyl groups is 1. The van der Waals surface area contributed by atoms with Crippen LogP contribution in [0.25, 0.3) is 0 Å². The van der Waals surface area contributed by atoms with E-state index in [1.165, 1.54) is 49.3 Å². The Bertz CT molecular complexity index is 2070. The van der Waals surface area contributed by atoms with Crippen LogP contribution < -0.4 is 26.0 Å². The van der Waals surface area contributed by atoms with Crippen LogP contribution in [0.15, 0.2) is 94.6 Å². The third kappa shape index (κ3) is 9.56. The number of carbonyl (C=O) groups is 1. The highest BCUT2D eigenvalue weighted by molar-refractivity contribution is 5.76. The molecule has 0 saturated carbocycles. The summed E-state index contributed by atoms with van der Waals surface area (Å²) in [7, 11) is 3.21. The van der Waals surface area contributed by atoms with Crippen LogP contribution in [0, 0.1) is 11.8 Å². The maximum absolute atomic E-state index is 13.2. The molecule has 0 spiro atoms. The molecule has 0 unspecified atom stereocenters. The van der Waals surface area contributed by atoms with E-state index in [0.717, 1.165) is 36.0 Å². The first-order valence-corrected chi connectivity index (χ1v) is 20.3. The summed E-state index contributed by atoms with van der Waals surface area (Å²) >= 11 is 0. The summed E-state index contributed by atoms with van der Waals surface area (Å²) in [6.45, 7) is 2.12. The van der Waals surface area contributed by atoms with Crippen molar-refractivity contribution in [3.63, 3.8) is 0 Å². The lowest BCUT2D eigenvalue weighted by Gasteiger charge is -2.39. The molecule has 2 saturated heterocycles. The largest absolute Gasteiger partial charge is 0.497 e. The lowest BCUT2D eigenvalue weighted by atomic mass is 9.79. The van der Waals surface area contributed by atoms with Crippen LogP contribution in [0.4, 0.5) is 0 Å². The number of benzene rings is 3. The minimum atomic E-state index is -1.38. The van der Waals surface area contributed by atoms with Gasteiger partial charge in [0.05, 0.1) is 34.0 Å². The van der Waals surface area contributed by atoms with Crippen LogP contribution in [0.2, 0.25) is 0 Å². The van der Waals surface area contributed by atoms with Gasteiger partial charge in [0, 0.05) is 12.6 Å². The van der Waals surface area contributed by atoms with E-state index in [2.05, 4.69) is 29.1 Å². The number of hydrogen-bond donors (Lipinski definition) is 3. The minimum Gasteiger partial charge on any atom is -0.497 e. The van der Waals surface area contributed by atoms with Gasteiger partial charge in [0.15, 0.2) is 6.23 Å². The van der Waals surface area contributed by atoms with Crippen molar-refractivity contribution in [3.05, 3.63) is 128 Å². The zero-order chi connectivity index (χ0) is 41.0. The van der Waals surface area contributed by atoms with E-state index in [9.17, 15) is 19.5 Å². The van der Waals surface area contributed by atoms with E-state index in [0.29, 0.717) is 17.9 Å². The number of aliphatic hydroxyl groups excluding tert-OH is 1. The fourth-order valence-corrected chi connectivity index (χ4v) is 7.77. The van der Waals surface area contributed by atoms with E-state index in [1.54, 1.807) is 14.2 Å². The van der Waals surface area contributed by atoms with E-state index in [4.69, 9.17) is 23.7 Å². The summed E-state index contributed by atoms with van der Waals surface area (Å²) < 4.78 is 31.8. The first-order valence-electron chi connectivity index (χ1n) is 20.3. The van der Waals surface area contributed by atoms with Crippen molar-refractivity contribution in [2.24, 2.45) is 0 Å². The standard InChI is InChI=1S/C46H55N3O9/c1-4-5-6-7-8-9-10-11-15-20-39(50)47-29-16-17-33-30-49(44(53)48-42(33)52)43-40-41(51)45(58-43,31-56-40)32-57-46(34-18-13-12-14-19-34,35-21-25-37(54-2)26-22-35)36-23-27-38(55-3)28-24-36/h12-14,18-19,21-28,30,40-41,43,51H,4-11,15,20,29,31-32H2,1-3H3,(H,47,50)(H,48,52,53)/t40-,41+,43-,45-/m1/s1. The summed E-state index contributed by atoms with van der Waals surface area (Å²) in [4.78, 5) is 40.7. The fourth-order valence-electron chi connectivity index (χ4n) is 7.77. The van der Waals surface area contributed by atoms with Gasteiger partial charge in [-0.3, -0.25) is 19.1 Å². The SMILES string of the molecule is CCCCCCCCCCCC(=O)NCC#Cc1cn([C@@H]2O[C@@]3(COC(c4ccccc4)(c4ccc(OC)cc4)c4ccc(OC)cc4)CO[C@@H]2[C@@H]3O)c(=O)[nH]c1=O. The number of H-pyrrole nitrogens is 1. The van der Waals surface area contributed by atoms with Gasteiger partial charge in [0.2, 0.25) is 5.91 Å². The summed E-state index contributed by atoms with van der Waals surface area (Å²) in [6, 6.07) is 24.9. The smallest absolute Gasteiger partial charge is 0.330 e. The van der Waals surface area contributed by atoms with Gasteiger partial charge in [-0.15, -0.1) is 0 Å². The Labute approximate surface area is 339 Å². The molecule has 3 N–H and O–H groups in total. The quantitative estimate of drug-likeness (QED) is 0.0558. The maximum Gasteiger partial charge on any atom is 0.330 e. The molecule has 2 bridgehead atoms. The average molecular weight is 794 g/mol. The number of unbranched alkanes of at least 4 members (excludes halogenated alkanes) is 8. The van der Waals surface area contributed by atoms with Gasteiger partial charge in [-0.25, -0.2) is 4.79 Å². The Morgan fingerprint density at radius 3 is 2.07 bits per heavy atom. The van der Waals surface area contributed by atoms with E-state index < -0.39 is 40.9 Å². The number of nitrogens with zero attached hydrogens (tertiary/aromatic N) is 1. The van der Waals surface area contributed by atoms with Gasteiger partial charge in [-0.2, -0.15) is 0 Å². The number of nitrogens with one attached hydrogen (secondary N) is 2. The van der Waals surface area contributed by atoms with E-state index in [-0.39, 0.29) is 31.2 Å². The van der Waals surface area contributed by atoms with E-state index >= 15 is 0 Å². The fraction of sp³-hybridized carbons (Fsp3) is 0.457. The second kappa shape index (κ2) is 20.0. The molecular weight excluding hydrogens is 739 g/mol. The van der Waals surface area contributed by atoms with Crippen molar-refractivity contribution >= 4 is 5.91 Å². The van der Waals surface area contributed by atoms with Crippen LogP contribution in [-0.4, -0.2) is 72.4 Å². The molecule has 2 aliphatic heterocycles. The molecule has 3 heterocycles. The molecule has 0 radical (unpaired) electrons. The number of methoxy groups -OCH3 is 2. The van der Waals surface area contributed by atoms with E-state index in [1.807, 2.05) is 78.9 Å². The average Bonchev–Trinajstić information content (AvgIpc) is 3.71. The lowest BCUT2D eigenvalue weighted by molar-refractivity contribution is -0.204. The number of ether oxygens (including phenoxy) is 5. The van der Waals surface area contributed by atoms with Crippen molar-refractivity contribution in [2.75, 3.05) is 34.0 Å². The molecule has 12 heteroatoms. The molecule has 1 amide bonds. The molecule has 3 aromatic carbocycles. The van der Waals surface area contributed by atoms with Crippen molar-refractivity contribution in [1.82, 2.24) is 14.9 Å². The lowest BCUT2D eigenvalue weighted by Crippen LogP contribution is -2.48. The minimum absolute atomic E-state index is 0.000977. The Balaban J connectivity index is 1.17. The Kier molecular flexibility index (Phi) is 14.6. The van der Waals surface area contributed by atoms with Gasteiger partial charge in [-0.05, 0) is 47.4 Å². The van der Waals surface area contributed by atoms with Crippen LogP contribution in [-0.2, 0) is 24.6 Å². The summed E-state index contributed by atoms with van der Waals surface area (Å²) in [5.74, 6) is 6.85. The molecule has 308 valence electrons. The molecule has 2 aliphatic rings. The van der Waals surface area contributed by atoms with Crippen LogP contribution in [0.3, 0.4) is 0 Å². The summed E-state index contributed by atoms with van der Waals surface area (Å²) in [5, 5.41) is 14.5. The molecule has 4 atom stereocenters. The molecule has 6 rings (SSSR count). The molecule has 58 heavy (non-hydrogen) atoms. The van der Waals surface area contributed by atoms with Gasteiger partial charge in [0.1, 0.15) is 40.5 Å². The maximum atomic E-state index is 13.2. The van der Waals surface area contributed by atoms with Crippen LogP contribution in [0.1, 0.15) is 99.6 Å². The highest BCUT2D eigenvalue weighted by Gasteiger charge is 2.63. The van der Waals surface area contributed by atoms with Gasteiger partial charge < -0.3 is 34.1 Å². The van der Waals surface area contributed by atoms with Crippen molar-refractivity contribution in [1.29, 1.82) is 0 Å². The molecule has 2 fully saturated rings. The topological polar surface area (TPSA) is 150 Å². The Morgan fingerprint density at radius 2 is 1.47 bits per heavy atom. The number of aromatic nitrogens is 2. The zero-order valence-corrected chi connectivity index (χ0v) is 33.7. The van der Waals surface area contributed by atoms with Gasteiger partial charge in [-0.1, -0.05) is 125 Å². The molecule has 0 aliphatic carbocycles. The number of amides is 1.